The van der Waals surface area contributed by atoms with Gasteiger partial charge in [-0.15, -0.1) is 0 Å². The number of dihydropyridines is 1. The molecule has 1 aromatic carbocycles. The molecule has 0 bridgehead atoms. The minimum Gasteiger partial charge on any atom is -0.466 e. The van der Waals surface area contributed by atoms with E-state index in [2.05, 4.69) is 10.2 Å². The highest BCUT2D eigenvalue weighted by atomic mass is 16.6. The van der Waals surface area contributed by atoms with Crippen LogP contribution in [0.4, 0.5) is 5.69 Å². The van der Waals surface area contributed by atoms with Crippen molar-refractivity contribution in [2.45, 2.75) is 19.8 Å². The summed E-state index contributed by atoms with van der Waals surface area (Å²) in [6.07, 6.45) is 1.46. The van der Waals surface area contributed by atoms with Crippen molar-refractivity contribution >= 4 is 23.5 Å². The van der Waals surface area contributed by atoms with Gasteiger partial charge in [-0.3, -0.25) is 19.8 Å². The normalized spacial score (nSPS) is 18.0. The summed E-state index contributed by atoms with van der Waals surface area (Å²) in [5.74, 6) is -2.07. The molecule has 2 aromatic rings. The van der Waals surface area contributed by atoms with Crippen LogP contribution < -0.4 is 5.32 Å². The minimum atomic E-state index is -0.915. The van der Waals surface area contributed by atoms with Gasteiger partial charge in [0.25, 0.3) is 11.6 Å². The number of nitro groups is 1. The second-order valence-electron chi connectivity index (χ2n) is 9.23. The molecule has 39 heavy (non-hydrogen) atoms. The first-order valence-corrected chi connectivity index (χ1v) is 12.4. The number of hydrogen-bond donors (Lipinski definition) is 1. The molecule has 12 heteroatoms. The van der Waals surface area contributed by atoms with Crippen LogP contribution in [0.15, 0.2) is 69.6 Å². The fourth-order valence-electron chi connectivity index (χ4n) is 4.87. The molecule has 0 saturated carbocycles. The molecule has 2 aliphatic heterocycles. The molecule has 3 heterocycles. The molecule has 4 rings (SSSR count). The third-order valence-corrected chi connectivity index (χ3v) is 6.83. The van der Waals surface area contributed by atoms with Gasteiger partial charge in [-0.2, -0.15) is 0 Å². The predicted molar refractivity (Wildman–Crippen MR) is 138 cm³/mol. The lowest BCUT2D eigenvalue weighted by Gasteiger charge is -2.34. The Balaban J connectivity index is 1.44. The number of methoxy groups -OCH3 is 1. The van der Waals surface area contributed by atoms with E-state index in [1.54, 1.807) is 36.9 Å². The number of hydrogen-bond acceptors (Lipinski definition) is 10. The number of carbonyl (C=O) groups excluding carboxylic acids is 3. The number of rotatable bonds is 8. The molecule has 0 unspecified atom stereocenters. The molecule has 206 valence electrons. The van der Waals surface area contributed by atoms with Crippen molar-refractivity contribution in [2.75, 3.05) is 46.4 Å². The van der Waals surface area contributed by atoms with Crippen LogP contribution in [-0.4, -0.2) is 79.0 Å². The van der Waals surface area contributed by atoms with Gasteiger partial charge in [0, 0.05) is 56.3 Å². The third-order valence-electron chi connectivity index (χ3n) is 6.83. The fraction of sp³-hybridized carbons (Fsp3) is 0.370. The van der Waals surface area contributed by atoms with E-state index in [1.807, 2.05) is 0 Å². The first-order valence-electron chi connectivity index (χ1n) is 12.4. The average molecular weight is 539 g/mol. The van der Waals surface area contributed by atoms with E-state index in [0.29, 0.717) is 55.4 Å². The van der Waals surface area contributed by atoms with E-state index < -0.39 is 22.8 Å². The van der Waals surface area contributed by atoms with Gasteiger partial charge in [-0.25, -0.2) is 9.59 Å². The number of furan rings is 1. The van der Waals surface area contributed by atoms with Crippen molar-refractivity contribution in [3.63, 3.8) is 0 Å². The van der Waals surface area contributed by atoms with Gasteiger partial charge in [-0.05, 0) is 31.5 Å². The average Bonchev–Trinajstić information content (AvgIpc) is 3.47. The van der Waals surface area contributed by atoms with E-state index in [1.165, 1.54) is 31.6 Å². The maximum atomic E-state index is 13.4. The highest BCUT2D eigenvalue weighted by Crippen LogP contribution is 2.40. The van der Waals surface area contributed by atoms with Crippen molar-refractivity contribution in [1.82, 2.24) is 15.1 Å². The first kappa shape index (κ1) is 27.6. The third kappa shape index (κ3) is 6.01. The van der Waals surface area contributed by atoms with Crippen LogP contribution in [0.1, 0.15) is 35.9 Å². The number of nitrogens with one attached hydrogen (secondary N) is 1. The number of non-ortho nitro benzene ring substituents is 1. The predicted octanol–water partition coefficient (Wildman–Crippen LogP) is 2.60. The maximum Gasteiger partial charge on any atom is 0.336 e. The highest BCUT2D eigenvalue weighted by Gasteiger charge is 2.38. The van der Waals surface area contributed by atoms with Crippen LogP contribution in [0.5, 0.6) is 0 Å². The zero-order valence-electron chi connectivity index (χ0n) is 22.0. The van der Waals surface area contributed by atoms with Crippen molar-refractivity contribution in [3.8, 4) is 0 Å². The number of benzene rings is 1. The first-order chi connectivity index (χ1) is 18.7. The summed E-state index contributed by atoms with van der Waals surface area (Å²) < 4.78 is 15.8. The molecule has 1 atom stereocenters. The molecule has 0 aliphatic carbocycles. The number of carbonyl (C=O) groups is 3. The summed E-state index contributed by atoms with van der Waals surface area (Å²) in [5.41, 5.74) is 1.54. The summed E-state index contributed by atoms with van der Waals surface area (Å²) in [7, 11) is 1.23. The monoisotopic (exact) mass is 538 g/mol. The molecular formula is C27H30N4O8. The molecule has 1 saturated heterocycles. The zero-order valence-corrected chi connectivity index (χ0v) is 22.0. The van der Waals surface area contributed by atoms with Crippen molar-refractivity contribution in [2.24, 2.45) is 0 Å². The summed E-state index contributed by atoms with van der Waals surface area (Å²) in [5, 5.41) is 14.5. The van der Waals surface area contributed by atoms with E-state index in [9.17, 15) is 24.5 Å². The lowest BCUT2D eigenvalue weighted by Crippen LogP contribution is -2.49. The number of esters is 2. The lowest BCUT2D eigenvalue weighted by molar-refractivity contribution is -0.384. The van der Waals surface area contributed by atoms with Crippen LogP contribution >= 0.6 is 0 Å². The SMILES string of the molecule is COC(=O)C1=C(C)NC(C)=C(C(=O)OCCN2CCN(C(=O)c3ccco3)CC2)[C@@H]1c1cccc([N+](=O)[O-])c1. The fourth-order valence-corrected chi connectivity index (χ4v) is 4.87. The van der Waals surface area contributed by atoms with Gasteiger partial charge in [0.1, 0.15) is 6.61 Å². The Hall–Kier alpha value is -4.45. The Morgan fingerprint density at radius 3 is 2.36 bits per heavy atom. The maximum absolute atomic E-state index is 13.4. The van der Waals surface area contributed by atoms with Gasteiger partial charge in [0.05, 0.1) is 35.4 Å². The summed E-state index contributed by atoms with van der Waals surface area (Å²) >= 11 is 0. The second-order valence-corrected chi connectivity index (χ2v) is 9.23. The lowest BCUT2D eigenvalue weighted by atomic mass is 9.80. The van der Waals surface area contributed by atoms with Gasteiger partial charge >= 0.3 is 11.9 Å². The quantitative estimate of drug-likeness (QED) is 0.302. The molecule has 1 amide bonds. The number of amides is 1. The molecule has 0 radical (unpaired) electrons. The van der Waals surface area contributed by atoms with Crippen LogP contribution in [0.2, 0.25) is 0 Å². The number of allylic oxidation sites excluding steroid dienone is 2. The number of nitro benzene ring substituents is 1. The van der Waals surface area contributed by atoms with Gasteiger partial charge < -0.3 is 24.1 Å². The largest absolute Gasteiger partial charge is 0.466 e. The van der Waals surface area contributed by atoms with Crippen molar-refractivity contribution in [3.05, 3.63) is 86.6 Å². The zero-order chi connectivity index (χ0) is 28.1. The molecule has 1 N–H and O–H groups in total. The van der Waals surface area contributed by atoms with Crippen LogP contribution in [-0.2, 0) is 19.1 Å². The summed E-state index contributed by atoms with van der Waals surface area (Å²) in [6, 6.07) is 9.13. The van der Waals surface area contributed by atoms with Crippen LogP contribution in [0, 0.1) is 10.1 Å². The number of ether oxygens (including phenoxy) is 2. The van der Waals surface area contributed by atoms with E-state index >= 15 is 0 Å². The van der Waals surface area contributed by atoms with Crippen LogP contribution in [0.25, 0.3) is 0 Å². The molecule has 2 aliphatic rings. The van der Waals surface area contributed by atoms with E-state index in [4.69, 9.17) is 13.9 Å². The van der Waals surface area contributed by atoms with Gasteiger partial charge in [0.2, 0.25) is 0 Å². The molecular weight excluding hydrogens is 508 g/mol. The molecule has 12 nitrogen and oxygen atoms in total. The van der Waals surface area contributed by atoms with Crippen molar-refractivity contribution < 1.29 is 33.2 Å². The van der Waals surface area contributed by atoms with Gasteiger partial charge in [-0.1, -0.05) is 12.1 Å². The Kier molecular flexibility index (Phi) is 8.45. The molecule has 1 aromatic heterocycles. The second kappa shape index (κ2) is 11.9. The minimum absolute atomic E-state index is 0.0830. The Morgan fingerprint density at radius 2 is 1.74 bits per heavy atom. The van der Waals surface area contributed by atoms with Crippen LogP contribution in [0.3, 0.4) is 0 Å². The molecule has 0 spiro atoms. The Labute approximate surface area is 225 Å². The number of piperazine rings is 1. The smallest absolute Gasteiger partial charge is 0.336 e. The summed E-state index contributed by atoms with van der Waals surface area (Å²) in [4.78, 5) is 53.3. The van der Waals surface area contributed by atoms with Crippen molar-refractivity contribution in [1.29, 1.82) is 0 Å². The highest BCUT2D eigenvalue weighted by molar-refractivity contribution is 6.00. The number of nitrogens with zero attached hydrogens (tertiary/aromatic N) is 3. The Bertz CT molecular complexity index is 1320. The van der Waals surface area contributed by atoms with E-state index in [-0.39, 0.29) is 29.3 Å². The molecule has 1 fully saturated rings. The summed E-state index contributed by atoms with van der Waals surface area (Å²) in [6.45, 7) is 6.16. The topological polar surface area (TPSA) is 144 Å². The standard InChI is InChI=1S/C27H30N4O8/c1-17-22(26(33)37-3)24(19-6-4-7-20(16-19)31(35)36)23(18(2)28-17)27(34)39-15-13-29-9-11-30(12-10-29)25(32)21-8-5-14-38-21/h4-8,14,16,24,28H,9-13,15H2,1-3H3/t24-/m1/s1. The van der Waals surface area contributed by atoms with Gasteiger partial charge in [0.15, 0.2) is 5.76 Å². The Morgan fingerprint density at radius 1 is 1.05 bits per heavy atom. The van der Waals surface area contributed by atoms with E-state index in [0.717, 1.165) is 0 Å².